The predicted molar refractivity (Wildman–Crippen MR) is 77.3 cm³/mol. The molecule has 0 aliphatic heterocycles. The van der Waals surface area contributed by atoms with E-state index < -0.39 is 5.97 Å². The number of rotatable bonds is 5. The number of benzene rings is 2. The number of hydrogen-bond acceptors (Lipinski definition) is 5. The normalized spacial score (nSPS) is 9.67. The molecular formula is C16H14N2O3. The molecule has 0 amide bonds. The van der Waals surface area contributed by atoms with Crippen LogP contribution in [-0.2, 0) is 16.1 Å². The zero-order valence-electron chi connectivity index (χ0n) is 11.3. The van der Waals surface area contributed by atoms with E-state index in [-0.39, 0.29) is 13.2 Å². The fraction of sp³-hybridized carbons (Fsp3) is 0.125. The van der Waals surface area contributed by atoms with Gasteiger partial charge in [-0.05, 0) is 42.0 Å². The van der Waals surface area contributed by atoms with Crippen LogP contribution < -0.4 is 10.5 Å². The number of esters is 1. The number of nitrogens with two attached hydrogens (primary N) is 1. The van der Waals surface area contributed by atoms with Crippen LogP contribution in [0.3, 0.4) is 0 Å². The van der Waals surface area contributed by atoms with E-state index in [9.17, 15) is 4.79 Å². The minimum Gasteiger partial charge on any atom is -0.482 e. The summed E-state index contributed by atoms with van der Waals surface area (Å²) in [5, 5.41) is 8.68. The molecule has 0 aromatic heterocycles. The number of anilines is 1. The Balaban J connectivity index is 1.76. The van der Waals surface area contributed by atoms with E-state index in [1.54, 1.807) is 48.5 Å². The molecule has 0 fully saturated rings. The quantitative estimate of drug-likeness (QED) is 0.671. The molecular weight excluding hydrogens is 268 g/mol. The number of nitriles is 1. The Hall–Kier alpha value is -3.00. The Bertz CT molecular complexity index is 643. The monoisotopic (exact) mass is 282 g/mol. The van der Waals surface area contributed by atoms with E-state index in [0.717, 1.165) is 5.56 Å². The van der Waals surface area contributed by atoms with Crippen molar-refractivity contribution >= 4 is 11.7 Å². The van der Waals surface area contributed by atoms with Crippen molar-refractivity contribution in [1.29, 1.82) is 5.26 Å². The molecule has 0 aliphatic carbocycles. The van der Waals surface area contributed by atoms with Crippen LogP contribution in [0.5, 0.6) is 5.75 Å². The lowest BCUT2D eigenvalue weighted by Crippen LogP contribution is -2.14. The van der Waals surface area contributed by atoms with E-state index in [1.807, 2.05) is 6.07 Å². The summed E-state index contributed by atoms with van der Waals surface area (Å²) in [4.78, 5) is 11.6. The maximum Gasteiger partial charge on any atom is 0.344 e. The van der Waals surface area contributed by atoms with Crippen molar-refractivity contribution in [3.63, 3.8) is 0 Å². The van der Waals surface area contributed by atoms with Gasteiger partial charge in [-0.1, -0.05) is 12.1 Å². The molecule has 5 nitrogen and oxygen atoms in total. The van der Waals surface area contributed by atoms with Gasteiger partial charge in [0.15, 0.2) is 6.61 Å². The number of carbonyl (C=O) groups excluding carboxylic acids is 1. The molecule has 2 aromatic rings. The van der Waals surface area contributed by atoms with Crippen molar-refractivity contribution < 1.29 is 14.3 Å². The van der Waals surface area contributed by atoms with Crippen molar-refractivity contribution in [2.24, 2.45) is 0 Å². The molecule has 0 atom stereocenters. The average Bonchev–Trinajstić information content (AvgIpc) is 2.53. The van der Waals surface area contributed by atoms with Crippen molar-refractivity contribution in [3.05, 3.63) is 59.7 Å². The van der Waals surface area contributed by atoms with E-state index >= 15 is 0 Å². The first-order valence-electron chi connectivity index (χ1n) is 6.30. The van der Waals surface area contributed by atoms with Gasteiger partial charge in [0.05, 0.1) is 11.6 Å². The second kappa shape index (κ2) is 6.96. The topological polar surface area (TPSA) is 85.3 Å². The molecule has 106 valence electrons. The van der Waals surface area contributed by atoms with Gasteiger partial charge in [-0.15, -0.1) is 0 Å². The standard InChI is InChI=1S/C16H14N2O3/c17-9-12-1-3-13(4-2-12)10-21-16(19)11-20-15-7-5-14(18)6-8-15/h1-8H,10-11,18H2. The summed E-state index contributed by atoms with van der Waals surface area (Å²) >= 11 is 0. The minimum atomic E-state index is -0.462. The Labute approximate surface area is 122 Å². The summed E-state index contributed by atoms with van der Waals surface area (Å²) < 4.78 is 10.4. The fourth-order valence-electron chi connectivity index (χ4n) is 1.59. The number of nitrogen functional groups attached to an aromatic ring is 1. The van der Waals surface area contributed by atoms with Crippen LogP contribution in [0.1, 0.15) is 11.1 Å². The van der Waals surface area contributed by atoms with E-state index in [4.69, 9.17) is 20.5 Å². The molecule has 21 heavy (non-hydrogen) atoms. The summed E-state index contributed by atoms with van der Waals surface area (Å²) in [6.07, 6.45) is 0. The maximum absolute atomic E-state index is 11.6. The Morgan fingerprint density at radius 2 is 1.76 bits per heavy atom. The summed E-state index contributed by atoms with van der Waals surface area (Å²) in [7, 11) is 0. The minimum absolute atomic E-state index is 0.148. The highest BCUT2D eigenvalue weighted by molar-refractivity contribution is 5.71. The van der Waals surface area contributed by atoms with Gasteiger partial charge < -0.3 is 15.2 Å². The number of ether oxygens (including phenoxy) is 2. The molecule has 0 radical (unpaired) electrons. The lowest BCUT2D eigenvalue weighted by Gasteiger charge is -2.07. The Kier molecular flexibility index (Phi) is 4.78. The van der Waals surface area contributed by atoms with E-state index in [2.05, 4.69) is 0 Å². The van der Waals surface area contributed by atoms with Gasteiger partial charge in [-0.3, -0.25) is 0 Å². The highest BCUT2D eigenvalue weighted by Gasteiger charge is 2.05. The molecule has 0 spiro atoms. The van der Waals surface area contributed by atoms with Crippen molar-refractivity contribution in [1.82, 2.24) is 0 Å². The molecule has 0 aliphatic rings. The average molecular weight is 282 g/mol. The molecule has 2 N–H and O–H groups in total. The summed E-state index contributed by atoms with van der Waals surface area (Å²) in [6, 6.07) is 15.6. The number of nitrogens with zero attached hydrogens (tertiary/aromatic N) is 1. The maximum atomic E-state index is 11.6. The highest BCUT2D eigenvalue weighted by Crippen LogP contribution is 2.13. The van der Waals surface area contributed by atoms with Gasteiger partial charge in [0.2, 0.25) is 0 Å². The summed E-state index contributed by atoms with van der Waals surface area (Å²) in [6.45, 7) is -0.0180. The second-order valence-corrected chi connectivity index (χ2v) is 4.33. The lowest BCUT2D eigenvalue weighted by atomic mass is 10.2. The highest BCUT2D eigenvalue weighted by atomic mass is 16.6. The molecule has 0 bridgehead atoms. The number of hydrogen-bond donors (Lipinski definition) is 1. The SMILES string of the molecule is N#Cc1ccc(COC(=O)COc2ccc(N)cc2)cc1. The third-order valence-electron chi connectivity index (χ3n) is 2.72. The van der Waals surface area contributed by atoms with Crippen LogP contribution in [0.25, 0.3) is 0 Å². The van der Waals surface area contributed by atoms with Gasteiger partial charge in [0, 0.05) is 5.69 Å². The molecule has 5 heteroatoms. The molecule has 0 heterocycles. The second-order valence-electron chi connectivity index (χ2n) is 4.33. The zero-order valence-corrected chi connectivity index (χ0v) is 11.3. The van der Waals surface area contributed by atoms with Crippen LogP contribution in [0.4, 0.5) is 5.69 Å². The Morgan fingerprint density at radius 3 is 2.38 bits per heavy atom. The molecule has 0 unspecified atom stereocenters. The van der Waals surface area contributed by atoms with Gasteiger partial charge in [-0.2, -0.15) is 5.26 Å². The number of carbonyl (C=O) groups is 1. The van der Waals surface area contributed by atoms with Gasteiger partial charge in [-0.25, -0.2) is 4.79 Å². The zero-order chi connectivity index (χ0) is 15.1. The van der Waals surface area contributed by atoms with E-state index in [0.29, 0.717) is 17.0 Å². The first-order chi connectivity index (χ1) is 10.2. The van der Waals surface area contributed by atoms with E-state index in [1.165, 1.54) is 0 Å². The molecule has 2 rings (SSSR count). The fourth-order valence-corrected chi connectivity index (χ4v) is 1.59. The molecule has 2 aromatic carbocycles. The third kappa shape index (κ3) is 4.55. The van der Waals surface area contributed by atoms with Crippen LogP contribution in [-0.4, -0.2) is 12.6 Å². The van der Waals surface area contributed by atoms with Gasteiger partial charge >= 0.3 is 5.97 Å². The molecule has 0 saturated heterocycles. The third-order valence-corrected chi connectivity index (χ3v) is 2.72. The van der Waals surface area contributed by atoms with Crippen molar-refractivity contribution in [2.45, 2.75) is 6.61 Å². The first-order valence-corrected chi connectivity index (χ1v) is 6.30. The smallest absolute Gasteiger partial charge is 0.344 e. The Morgan fingerprint density at radius 1 is 1.10 bits per heavy atom. The van der Waals surface area contributed by atoms with Crippen LogP contribution in [0, 0.1) is 11.3 Å². The van der Waals surface area contributed by atoms with Crippen LogP contribution >= 0.6 is 0 Å². The van der Waals surface area contributed by atoms with Crippen LogP contribution in [0.15, 0.2) is 48.5 Å². The van der Waals surface area contributed by atoms with Crippen molar-refractivity contribution in [2.75, 3.05) is 12.3 Å². The summed E-state index contributed by atoms with van der Waals surface area (Å²) in [5.41, 5.74) is 7.56. The van der Waals surface area contributed by atoms with Gasteiger partial charge in [0.1, 0.15) is 12.4 Å². The lowest BCUT2D eigenvalue weighted by molar-refractivity contribution is -0.147. The summed E-state index contributed by atoms with van der Waals surface area (Å²) in [5.74, 6) is 0.0932. The van der Waals surface area contributed by atoms with Crippen LogP contribution in [0.2, 0.25) is 0 Å². The first kappa shape index (κ1) is 14.4. The molecule has 0 saturated carbocycles. The van der Waals surface area contributed by atoms with Crippen molar-refractivity contribution in [3.8, 4) is 11.8 Å². The largest absolute Gasteiger partial charge is 0.482 e. The van der Waals surface area contributed by atoms with Gasteiger partial charge in [0.25, 0.3) is 0 Å². The predicted octanol–water partition coefficient (Wildman–Crippen LogP) is 2.26.